The highest BCUT2D eigenvalue weighted by molar-refractivity contribution is 7.11. The molecule has 0 aromatic carbocycles. The van der Waals surface area contributed by atoms with E-state index in [2.05, 4.69) is 30.9 Å². The highest BCUT2D eigenvalue weighted by atomic mass is 32.1. The van der Waals surface area contributed by atoms with Gasteiger partial charge in [-0.3, -0.25) is 9.59 Å². The Morgan fingerprint density at radius 2 is 1.96 bits per heavy atom. The van der Waals surface area contributed by atoms with Crippen molar-refractivity contribution in [3.8, 4) is 0 Å². The second kappa shape index (κ2) is 7.31. The quantitative estimate of drug-likeness (QED) is 0.828. The molecule has 1 fully saturated rings. The topological polar surface area (TPSA) is 68.1 Å². The molecule has 1 saturated heterocycles. The van der Waals surface area contributed by atoms with Gasteiger partial charge in [0.05, 0.1) is 16.9 Å². The number of hydrogen-bond donors (Lipinski definition) is 0. The Labute approximate surface area is 157 Å². The third-order valence-electron chi connectivity index (χ3n) is 4.91. The van der Waals surface area contributed by atoms with Gasteiger partial charge in [-0.1, -0.05) is 20.8 Å². The predicted molar refractivity (Wildman–Crippen MR) is 103 cm³/mol. The summed E-state index contributed by atoms with van der Waals surface area (Å²) in [5.41, 5.74) is 3.30. The van der Waals surface area contributed by atoms with Crippen LogP contribution in [0.2, 0.25) is 0 Å². The van der Waals surface area contributed by atoms with Crippen molar-refractivity contribution >= 4 is 17.2 Å². The molecule has 1 amide bonds. The van der Waals surface area contributed by atoms with Crippen LogP contribution in [0.1, 0.15) is 54.7 Å². The highest BCUT2D eigenvalue weighted by Gasteiger charge is 2.26. The van der Waals surface area contributed by atoms with Gasteiger partial charge in [-0.05, 0) is 31.7 Å². The van der Waals surface area contributed by atoms with Gasteiger partial charge in [-0.25, -0.2) is 9.67 Å². The molecule has 7 heteroatoms. The second-order valence-corrected chi connectivity index (χ2v) is 8.85. The molecule has 140 valence electrons. The molecule has 0 radical (unpaired) electrons. The van der Waals surface area contributed by atoms with Gasteiger partial charge in [0.2, 0.25) is 0 Å². The summed E-state index contributed by atoms with van der Waals surface area (Å²) >= 11 is 1.40. The summed E-state index contributed by atoms with van der Waals surface area (Å²) in [4.78, 5) is 31.6. The van der Waals surface area contributed by atoms with E-state index in [9.17, 15) is 9.59 Å². The molecule has 6 nitrogen and oxygen atoms in total. The van der Waals surface area contributed by atoms with Crippen LogP contribution >= 0.6 is 11.3 Å². The molecule has 0 unspecified atom stereocenters. The molecule has 0 bridgehead atoms. The summed E-state index contributed by atoms with van der Waals surface area (Å²) in [6.45, 7) is 10.2. The van der Waals surface area contributed by atoms with Gasteiger partial charge >= 0.3 is 0 Å². The van der Waals surface area contributed by atoms with Gasteiger partial charge in [0, 0.05) is 31.1 Å². The number of amides is 1. The molecular weight excluding hydrogens is 348 g/mol. The van der Waals surface area contributed by atoms with E-state index in [1.807, 2.05) is 17.9 Å². The lowest BCUT2D eigenvalue weighted by Gasteiger charge is -2.32. The monoisotopic (exact) mass is 374 g/mol. The van der Waals surface area contributed by atoms with Crippen LogP contribution in [-0.2, 0) is 12.0 Å². The lowest BCUT2D eigenvalue weighted by Crippen LogP contribution is -2.40. The first-order valence-corrected chi connectivity index (χ1v) is 9.91. The number of carbonyl (C=O) groups excluding carboxylic acids is 1. The molecule has 3 heterocycles. The maximum Gasteiger partial charge on any atom is 0.266 e. The van der Waals surface area contributed by atoms with E-state index in [4.69, 9.17) is 0 Å². The second-order valence-electron chi connectivity index (χ2n) is 7.99. The van der Waals surface area contributed by atoms with Gasteiger partial charge in [-0.2, -0.15) is 5.10 Å². The Balaban J connectivity index is 1.64. The molecule has 0 aliphatic carbocycles. The van der Waals surface area contributed by atoms with Crippen molar-refractivity contribution in [3.05, 3.63) is 44.3 Å². The molecule has 0 spiro atoms. The van der Waals surface area contributed by atoms with Crippen molar-refractivity contribution in [2.45, 2.75) is 52.5 Å². The van der Waals surface area contributed by atoms with Crippen LogP contribution in [-0.4, -0.2) is 38.7 Å². The molecular formula is C19H26N4O2S. The molecule has 26 heavy (non-hydrogen) atoms. The van der Waals surface area contributed by atoms with Crippen LogP contribution in [0.3, 0.4) is 0 Å². The van der Waals surface area contributed by atoms with Crippen LogP contribution in [0.5, 0.6) is 0 Å². The van der Waals surface area contributed by atoms with Gasteiger partial charge < -0.3 is 4.90 Å². The van der Waals surface area contributed by atoms with Crippen molar-refractivity contribution in [1.82, 2.24) is 19.7 Å². The van der Waals surface area contributed by atoms with Crippen LogP contribution in [0.25, 0.3) is 0 Å². The zero-order chi connectivity index (χ0) is 18.9. The number of likely N-dealkylation sites (tertiary alicyclic amines) is 1. The number of nitrogens with zero attached hydrogens (tertiary/aromatic N) is 4. The Morgan fingerprint density at radius 1 is 1.27 bits per heavy atom. The number of piperidine rings is 1. The van der Waals surface area contributed by atoms with Crippen LogP contribution in [0, 0.1) is 12.8 Å². The first kappa shape index (κ1) is 18.8. The number of carbonyl (C=O) groups is 1. The van der Waals surface area contributed by atoms with Crippen molar-refractivity contribution in [3.63, 3.8) is 0 Å². The van der Waals surface area contributed by atoms with Crippen LogP contribution in [0.4, 0.5) is 0 Å². The largest absolute Gasteiger partial charge is 0.338 e. The Hall–Kier alpha value is -2.02. The molecule has 1 aliphatic rings. The molecule has 2 aromatic heterocycles. The maximum atomic E-state index is 12.6. The normalized spacial score (nSPS) is 16.1. The van der Waals surface area contributed by atoms with Crippen LogP contribution < -0.4 is 5.56 Å². The molecule has 3 rings (SSSR count). The SMILES string of the molecule is Cc1ncsc1C(=O)N1CCC(Cn2nc(C(C)(C)C)ccc2=O)CC1. The maximum absolute atomic E-state index is 12.6. The van der Waals surface area contributed by atoms with E-state index >= 15 is 0 Å². The van der Waals surface area contributed by atoms with Crippen molar-refractivity contribution in [1.29, 1.82) is 0 Å². The summed E-state index contributed by atoms with van der Waals surface area (Å²) < 4.78 is 1.59. The number of thiazole rings is 1. The van der Waals surface area contributed by atoms with Gasteiger partial charge in [0.25, 0.3) is 11.5 Å². The van der Waals surface area contributed by atoms with E-state index in [1.54, 1.807) is 16.3 Å². The van der Waals surface area contributed by atoms with Gasteiger partial charge in [0.1, 0.15) is 4.88 Å². The summed E-state index contributed by atoms with van der Waals surface area (Å²) in [7, 11) is 0. The third-order valence-corrected chi connectivity index (χ3v) is 5.82. The number of rotatable bonds is 3. The van der Waals surface area contributed by atoms with Crippen molar-refractivity contribution in [2.75, 3.05) is 13.1 Å². The van der Waals surface area contributed by atoms with Crippen molar-refractivity contribution < 1.29 is 4.79 Å². The molecule has 0 N–H and O–H groups in total. The average Bonchev–Trinajstić information content (AvgIpc) is 3.02. The Morgan fingerprint density at radius 3 is 2.54 bits per heavy atom. The van der Waals surface area contributed by atoms with Gasteiger partial charge in [-0.15, -0.1) is 11.3 Å². The standard InChI is InChI=1S/C19H26N4O2S/c1-13-17(26-12-20-13)18(25)22-9-7-14(8-10-22)11-23-16(24)6-5-15(21-23)19(2,3)4/h5-6,12,14H,7-11H2,1-4H3. The van der Waals surface area contributed by atoms with Crippen molar-refractivity contribution in [2.24, 2.45) is 5.92 Å². The number of aromatic nitrogens is 3. The van der Waals surface area contributed by atoms with Gasteiger partial charge in [0.15, 0.2) is 0 Å². The first-order valence-electron chi connectivity index (χ1n) is 9.03. The minimum Gasteiger partial charge on any atom is -0.338 e. The summed E-state index contributed by atoms with van der Waals surface area (Å²) in [5.74, 6) is 0.440. The fraction of sp³-hybridized carbons (Fsp3) is 0.579. The smallest absolute Gasteiger partial charge is 0.266 e. The zero-order valence-electron chi connectivity index (χ0n) is 15.9. The summed E-state index contributed by atoms with van der Waals surface area (Å²) in [6.07, 6.45) is 1.77. The average molecular weight is 375 g/mol. The minimum absolute atomic E-state index is 0.0585. The molecule has 0 saturated carbocycles. The molecule has 2 aromatic rings. The summed E-state index contributed by atoms with van der Waals surface area (Å²) in [6, 6.07) is 3.43. The Bertz CT molecular complexity index is 842. The fourth-order valence-corrected chi connectivity index (χ4v) is 3.96. The lowest BCUT2D eigenvalue weighted by molar-refractivity contribution is 0.0684. The minimum atomic E-state index is -0.0855. The Kier molecular flexibility index (Phi) is 5.27. The zero-order valence-corrected chi connectivity index (χ0v) is 16.7. The van der Waals surface area contributed by atoms with E-state index in [1.165, 1.54) is 11.3 Å². The van der Waals surface area contributed by atoms with Crippen LogP contribution in [0.15, 0.2) is 22.4 Å². The first-order chi connectivity index (χ1) is 12.3. The predicted octanol–water partition coefficient (Wildman–Crippen LogP) is 2.86. The van der Waals surface area contributed by atoms with E-state index in [-0.39, 0.29) is 16.9 Å². The summed E-state index contributed by atoms with van der Waals surface area (Å²) in [5, 5.41) is 4.56. The molecule has 1 aliphatic heterocycles. The number of hydrogen-bond acceptors (Lipinski definition) is 5. The molecule has 0 atom stereocenters. The van der Waals surface area contributed by atoms with E-state index < -0.39 is 0 Å². The van der Waals surface area contributed by atoms with E-state index in [0.717, 1.165) is 29.1 Å². The fourth-order valence-electron chi connectivity index (χ4n) is 3.19. The lowest BCUT2D eigenvalue weighted by atomic mass is 9.92. The number of aryl methyl sites for hydroxylation is 1. The highest BCUT2D eigenvalue weighted by Crippen LogP contribution is 2.23. The third kappa shape index (κ3) is 4.03. The van der Waals surface area contributed by atoms with E-state index in [0.29, 0.717) is 25.6 Å².